The first kappa shape index (κ1) is 16.4. The molecule has 0 unspecified atom stereocenters. The molecule has 6 nitrogen and oxygen atoms in total. The number of ether oxygens (including phenoxy) is 2. The number of benzene rings is 1. The molecule has 0 radical (unpaired) electrons. The zero-order valence-electron chi connectivity index (χ0n) is 14.2. The number of hydrogen-bond donors (Lipinski definition) is 2. The Bertz CT molecular complexity index is 672. The SMILES string of the molecule is COc1ccc(Nc2cc(NC3CCCCC3)ncn2)cc1OC. The van der Waals surface area contributed by atoms with Crippen LogP contribution in [-0.4, -0.2) is 30.2 Å². The molecule has 1 aliphatic carbocycles. The van der Waals surface area contributed by atoms with Crippen LogP contribution in [0.3, 0.4) is 0 Å². The Balaban J connectivity index is 1.70. The summed E-state index contributed by atoms with van der Waals surface area (Å²) in [7, 11) is 3.25. The van der Waals surface area contributed by atoms with Crippen molar-refractivity contribution in [2.75, 3.05) is 24.9 Å². The van der Waals surface area contributed by atoms with Crippen molar-refractivity contribution < 1.29 is 9.47 Å². The Kier molecular flexibility index (Phi) is 5.36. The average Bonchev–Trinajstić information content (AvgIpc) is 2.63. The third-order valence-corrected chi connectivity index (χ3v) is 4.28. The Hall–Kier alpha value is -2.50. The van der Waals surface area contributed by atoms with Crippen LogP contribution in [-0.2, 0) is 0 Å². The summed E-state index contributed by atoms with van der Waals surface area (Å²) in [6.07, 6.45) is 7.92. The molecule has 3 rings (SSSR count). The molecule has 0 saturated heterocycles. The van der Waals surface area contributed by atoms with Crippen molar-refractivity contribution in [1.82, 2.24) is 9.97 Å². The summed E-state index contributed by atoms with van der Waals surface area (Å²) in [6, 6.07) is 8.13. The van der Waals surface area contributed by atoms with Crippen LogP contribution < -0.4 is 20.1 Å². The highest BCUT2D eigenvalue weighted by Gasteiger charge is 2.13. The van der Waals surface area contributed by atoms with Gasteiger partial charge in [-0.15, -0.1) is 0 Å². The topological polar surface area (TPSA) is 68.3 Å². The summed E-state index contributed by atoms with van der Waals surface area (Å²) >= 11 is 0. The van der Waals surface area contributed by atoms with E-state index in [0.29, 0.717) is 17.5 Å². The van der Waals surface area contributed by atoms with Crippen LogP contribution in [0.1, 0.15) is 32.1 Å². The van der Waals surface area contributed by atoms with Gasteiger partial charge in [0.25, 0.3) is 0 Å². The van der Waals surface area contributed by atoms with Crippen molar-refractivity contribution in [1.29, 1.82) is 0 Å². The van der Waals surface area contributed by atoms with Crippen molar-refractivity contribution >= 4 is 17.3 Å². The van der Waals surface area contributed by atoms with Gasteiger partial charge in [0, 0.05) is 23.9 Å². The molecule has 2 aromatic rings. The molecular weight excluding hydrogens is 304 g/mol. The van der Waals surface area contributed by atoms with Crippen molar-refractivity contribution in [2.45, 2.75) is 38.1 Å². The first-order valence-electron chi connectivity index (χ1n) is 8.36. The Morgan fingerprint density at radius 2 is 1.67 bits per heavy atom. The van der Waals surface area contributed by atoms with E-state index in [1.165, 1.54) is 32.1 Å². The number of aromatic nitrogens is 2. The van der Waals surface area contributed by atoms with E-state index in [2.05, 4.69) is 20.6 Å². The van der Waals surface area contributed by atoms with E-state index in [1.807, 2.05) is 24.3 Å². The van der Waals surface area contributed by atoms with Gasteiger partial charge in [-0.05, 0) is 25.0 Å². The summed E-state index contributed by atoms with van der Waals surface area (Å²) in [5, 5.41) is 6.79. The van der Waals surface area contributed by atoms with Gasteiger partial charge in [0.15, 0.2) is 11.5 Å². The maximum atomic E-state index is 5.33. The lowest BCUT2D eigenvalue weighted by atomic mass is 9.95. The molecule has 0 amide bonds. The fourth-order valence-electron chi connectivity index (χ4n) is 3.02. The Labute approximate surface area is 142 Å². The van der Waals surface area contributed by atoms with Gasteiger partial charge in [-0.2, -0.15) is 0 Å². The third-order valence-electron chi connectivity index (χ3n) is 4.28. The lowest BCUT2D eigenvalue weighted by Gasteiger charge is -2.23. The second kappa shape index (κ2) is 7.86. The first-order valence-corrected chi connectivity index (χ1v) is 8.36. The first-order chi connectivity index (χ1) is 11.8. The largest absolute Gasteiger partial charge is 0.493 e. The molecule has 0 bridgehead atoms. The minimum absolute atomic E-state index is 0.516. The molecular formula is C18H24N4O2. The second-order valence-corrected chi connectivity index (χ2v) is 5.96. The smallest absolute Gasteiger partial charge is 0.162 e. The van der Waals surface area contributed by atoms with Crippen LogP contribution in [0.25, 0.3) is 0 Å². The monoisotopic (exact) mass is 328 g/mol. The maximum Gasteiger partial charge on any atom is 0.162 e. The number of methoxy groups -OCH3 is 2. The highest BCUT2D eigenvalue weighted by Crippen LogP contribution is 2.31. The summed E-state index contributed by atoms with van der Waals surface area (Å²) < 4.78 is 10.6. The molecule has 0 atom stereocenters. The van der Waals surface area contributed by atoms with Crippen LogP contribution in [0.15, 0.2) is 30.6 Å². The van der Waals surface area contributed by atoms with Crippen LogP contribution >= 0.6 is 0 Å². The van der Waals surface area contributed by atoms with Crippen LogP contribution in [0.2, 0.25) is 0 Å². The van der Waals surface area contributed by atoms with E-state index in [-0.39, 0.29) is 0 Å². The molecule has 1 saturated carbocycles. The molecule has 0 spiro atoms. The van der Waals surface area contributed by atoms with Crippen LogP contribution in [0, 0.1) is 0 Å². The van der Waals surface area contributed by atoms with E-state index in [0.717, 1.165) is 17.3 Å². The summed E-state index contributed by atoms with van der Waals surface area (Å²) in [6.45, 7) is 0. The molecule has 6 heteroatoms. The van der Waals surface area contributed by atoms with Crippen LogP contribution in [0.4, 0.5) is 17.3 Å². The Morgan fingerprint density at radius 3 is 2.42 bits per heavy atom. The lowest BCUT2D eigenvalue weighted by molar-refractivity contribution is 0.355. The van der Waals surface area contributed by atoms with E-state index >= 15 is 0 Å². The fraction of sp³-hybridized carbons (Fsp3) is 0.444. The number of rotatable bonds is 6. The predicted octanol–water partition coefficient (Wildman–Crippen LogP) is 3.98. The molecule has 0 aliphatic heterocycles. The zero-order chi connectivity index (χ0) is 16.8. The molecule has 1 heterocycles. The highest BCUT2D eigenvalue weighted by molar-refractivity contribution is 5.62. The van der Waals surface area contributed by atoms with Gasteiger partial charge in [0.2, 0.25) is 0 Å². The van der Waals surface area contributed by atoms with Crippen molar-refractivity contribution in [3.05, 3.63) is 30.6 Å². The molecule has 2 N–H and O–H groups in total. The summed E-state index contributed by atoms with van der Waals surface area (Å²) in [4.78, 5) is 8.62. The van der Waals surface area contributed by atoms with E-state index in [1.54, 1.807) is 20.5 Å². The molecule has 1 aromatic carbocycles. The number of anilines is 3. The van der Waals surface area contributed by atoms with Gasteiger partial charge in [0.1, 0.15) is 18.0 Å². The second-order valence-electron chi connectivity index (χ2n) is 5.96. The van der Waals surface area contributed by atoms with Crippen LogP contribution in [0.5, 0.6) is 11.5 Å². The number of nitrogens with one attached hydrogen (secondary N) is 2. The minimum atomic E-state index is 0.516. The zero-order valence-corrected chi connectivity index (χ0v) is 14.2. The number of nitrogens with zero attached hydrogens (tertiary/aromatic N) is 2. The quantitative estimate of drug-likeness (QED) is 0.836. The molecule has 1 aromatic heterocycles. The highest BCUT2D eigenvalue weighted by atomic mass is 16.5. The van der Waals surface area contributed by atoms with Gasteiger partial charge in [-0.1, -0.05) is 19.3 Å². The normalized spacial score (nSPS) is 14.9. The van der Waals surface area contributed by atoms with Gasteiger partial charge >= 0.3 is 0 Å². The van der Waals surface area contributed by atoms with Crippen molar-refractivity contribution in [2.24, 2.45) is 0 Å². The van der Waals surface area contributed by atoms with E-state index in [4.69, 9.17) is 9.47 Å². The Morgan fingerprint density at radius 1 is 0.917 bits per heavy atom. The minimum Gasteiger partial charge on any atom is -0.493 e. The van der Waals surface area contributed by atoms with Gasteiger partial charge in [0.05, 0.1) is 14.2 Å². The molecule has 24 heavy (non-hydrogen) atoms. The van der Waals surface area contributed by atoms with E-state index < -0.39 is 0 Å². The maximum absolute atomic E-state index is 5.33. The third kappa shape index (κ3) is 4.07. The molecule has 1 aliphatic rings. The molecule has 1 fully saturated rings. The lowest BCUT2D eigenvalue weighted by Crippen LogP contribution is -2.22. The fourth-order valence-corrected chi connectivity index (χ4v) is 3.02. The van der Waals surface area contributed by atoms with Gasteiger partial charge in [-0.3, -0.25) is 0 Å². The number of hydrogen-bond acceptors (Lipinski definition) is 6. The summed E-state index contributed by atoms with van der Waals surface area (Å²) in [5.41, 5.74) is 0.884. The summed E-state index contributed by atoms with van der Waals surface area (Å²) in [5.74, 6) is 2.98. The predicted molar refractivity (Wildman–Crippen MR) is 95.4 cm³/mol. The van der Waals surface area contributed by atoms with Gasteiger partial charge < -0.3 is 20.1 Å². The molecule has 128 valence electrons. The van der Waals surface area contributed by atoms with Crippen molar-refractivity contribution in [3.8, 4) is 11.5 Å². The van der Waals surface area contributed by atoms with Crippen molar-refractivity contribution in [3.63, 3.8) is 0 Å². The van der Waals surface area contributed by atoms with E-state index in [9.17, 15) is 0 Å². The standard InChI is InChI=1S/C18H24N4O2/c1-23-15-9-8-14(10-16(15)24-2)22-18-11-17(19-12-20-18)21-13-6-4-3-5-7-13/h8-13H,3-7H2,1-2H3,(H2,19,20,21,22). The average molecular weight is 328 g/mol. The van der Waals surface area contributed by atoms with Gasteiger partial charge in [-0.25, -0.2) is 9.97 Å².